The summed E-state index contributed by atoms with van der Waals surface area (Å²) in [5.74, 6) is -0.681. The van der Waals surface area contributed by atoms with E-state index in [4.69, 9.17) is 0 Å². The minimum Gasteiger partial charge on any atom is -0.348 e. The lowest BCUT2D eigenvalue weighted by molar-refractivity contribution is -0.137. The van der Waals surface area contributed by atoms with Gasteiger partial charge in [-0.05, 0) is 35.9 Å². The van der Waals surface area contributed by atoms with E-state index in [2.05, 4.69) is 10.4 Å². The van der Waals surface area contributed by atoms with Crippen molar-refractivity contribution in [2.45, 2.75) is 12.7 Å². The molecular weight excluding hydrogens is 469 g/mol. The van der Waals surface area contributed by atoms with Crippen LogP contribution in [0, 0.1) is 0 Å². The van der Waals surface area contributed by atoms with Crippen LogP contribution in [0.2, 0.25) is 0 Å². The maximum Gasteiger partial charge on any atom is 0.416 e. The topological polar surface area (TPSA) is 68.9 Å². The highest BCUT2D eigenvalue weighted by atomic mass is 19.4. The van der Waals surface area contributed by atoms with Crippen LogP contribution in [-0.2, 0) is 12.7 Å². The van der Waals surface area contributed by atoms with E-state index in [1.807, 2.05) is 30.3 Å². The Morgan fingerprint density at radius 1 is 0.889 bits per heavy atom. The average molecular weight is 488 g/mol. The van der Waals surface area contributed by atoms with Gasteiger partial charge in [0.25, 0.3) is 11.5 Å². The van der Waals surface area contributed by atoms with E-state index in [1.165, 1.54) is 16.8 Å². The third kappa shape index (κ3) is 4.63. The number of amides is 1. The number of hydrogen-bond donors (Lipinski definition) is 1. The Labute approximate surface area is 203 Å². The van der Waals surface area contributed by atoms with Crippen LogP contribution >= 0.6 is 0 Å². The number of pyridine rings is 1. The summed E-state index contributed by atoms with van der Waals surface area (Å²) in [4.78, 5) is 26.5. The Morgan fingerprint density at radius 3 is 2.28 bits per heavy atom. The van der Waals surface area contributed by atoms with E-state index in [0.717, 1.165) is 17.7 Å². The first-order valence-electron chi connectivity index (χ1n) is 11.0. The highest BCUT2D eigenvalue weighted by Gasteiger charge is 2.31. The molecule has 9 heteroatoms. The van der Waals surface area contributed by atoms with Gasteiger partial charge in [-0.25, -0.2) is 0 Å². The zero-order valence-corrected chi connectivity index (χ0v) is 18.7. The van der Waals surface area contributed by atoms with Gasteiger partial charge in [-0.15, -0.1) is 0 Å². The zero-order chi connectivity index (χ0) is 25.3. The number of carbonyl (C=O) groups is 1. The predicted octanol–water partition coefficient (Wildman–Crippen LogP) is 5.46. The zero-order valence-electron chi connectivity index (χ0n) is 18.7. The van der Waals surface area contributed by atoms with Crippen molar-refractivity contribution in [2.75, 3.05) is 5.32 Å². The lowest BCUT2D eigenvalue weighted by Gasteiger charge is -2.14. The van der Waals surface area contributed by atoms with Gasteiger partial charge in [-0.2, -0.15) is 23.0 Å². The van der Waals surface area contributed by atoms with Gasteiger partial charge in [-0.3, -0.25) is 9.59 Å². The van der Waals surface area contributed by atoms with Crippen LogP contribution in [0.25, 0.3) is 16.9 Å². The summed E-state index contributed by atoms with van der Waals surface area (Å²) in [6.07, 6.45) is -1.39. The van der Waals surface area contributed by atoms with Crippen molar-refractivity contribution < 1.29 is 18.0 Å². The Kier molecular flexibility index (Phi) is 5.89. The van der Waals surface area contributed by atoms with Crippen LogP contribution in [0.3, 0.4) is 0 Å². The van der Waals surface area contributed by atoms with Gasteiger partial charge in [0.15, 0.2) is 0 Å². The second kappa shape index (κ2) is 9.18. The van der Waals surface area contributed by atoms with E-state index in [0.29, 0.717) is 12.2 Å². The molecule has 180 valence electrons. The second-order valence-corrected chi connectivity index (χ2v) is 8.18. The van der Waals surface area contributed by atoms with Gasteiger partial charge in [-0.1, -0.05) is 54.6 Å². The van der Waals surface area contributed by atoms with Gasteiger partial charge < -0.3 is 9.88 Å². The Hall–Kier alpha value is -4.66. The first kappa shape index (κ1) is 23.1. The largest absolute Gasteiger partial charge is 0.416 e. The van der Waals surface area contributed by atoms with Crippen molar-refractivity contribution >= 4 is 11.6 Å². The number of rotatable bonds is 5. The molecule has 6 nitrogen and oxygen atoms in total. The fourth-order valence-electron chi connectivity index (χ4n) is 3.93. The number of anilines is 1. The molecule has 36 heavy (non-hydrogen) atoms. The number of alkyl halides is 3. The van der Waals surface area contributed by atoms with Crippen molar-refractivity contribution in [3.63, 3.8) is 0 Å². The highest BCUT2D eigenvalue weighted by molar-refractivity contribution is 6.08. The van der Waals surface area contributed by atoms with Crippen LogP contribution in [0.15, 0.2) is 102 Å². The summed E-state index contributed by atoms with van der Waals surface area (Å²) < 4.78 is 42.3. The molecule has 0 fully saturated rings. The molecule has 1 N–H and O–H groups in total. The molecule has 0 atom stereocenters. The average Bonchev–Trinajstić information content (AvgIpc) is 3.20. The Bertz CT molecular complexity index is 1560. The summed E-state index contributed by atoms with van der Waals surface area (Å²) >= 11 is 0. The van der Waals surface area contributed by atoms with Crippen LogP contribution in [-0.4, -0.2) is 20.3 Å². The van der Waals surface area contributed by atoms with Gasteiger partial charge >= 0.3 is 6.18 Å². The fraction of sp³-hybridized carbons (Fsp3) is 0.0741. The molecule has 0 aliphatic carbocycles. The summed E-state index contributed by atoms with van der Waals surface area (Å²) in [5.41, 5.74) is 0.578. The molecule has 0 unspecified atom stereocenters. The third-order valence-electron chi connectivity index (χ3n) is 5.62. The molecule has 0 radical (unpaired) electrons. The molecule has 2 aliphatic heterocycles. The molecule has 3 aromatic carbocycles. The molecule has 2 aliphatic rings. The first-order valence-corrected chi connectivity index (χ1v) is 11.0. The van der Waals surface area contributed by atoms with E-state index in [-0.39, 0.29) is 22.5 Å². The monoisotopic (exact) mass is 488 g/mol. The second-order valence-electron chi connectivity index (χ2n) is 8.18. The molecule has 0 bridgehead atoms. The number of benzene rings is 3. The van der Waals surface area contributed by atoms with Gasteiger partial charge in [0.2, 0.25) is 0 Å². The molecule has 2 heterocycles. The standard InChI is InChI=1S/C27H19F3N4O2/c28-27(29,30)19-10-7-11-20(14-19)31-25(35)22-16-33(15-18-8-3-1-4-9-18)17-23-24(22)32-34(26(23)36)21-12-5-2-6-13-21/h1-14,16-17H,15H2,(H,31,35). The van der Waals surface area contributed by atoms with E-state index >= 15 is 0 Å². The number of nitrogens with one attached hydrogen (secondary N) is 1. The van der Waals surface area contributed by atoms with Crippen LogP contribution in [0.4, 0.5) is 18.9 Å². The van der Waals surface area contributed by atoms with Crippen molar-refractivity contribution in [1.82, 2.24) is 14.3 Å². The summed E-state index contributed by atoms with van der Waals surface area (Å²) in [6, 6.07) is 22.6. The number of halogens is 3. The maximum atomic E-state index is 13.3. The maximum absolute atomic E-state index is 13.3. The van der Waals surface area contributed by atoms with Crippen molar-refractivity contribution in [3.8, 4) is 16.9 Å². The summed E-state index contributed by atoms with van der Waals surface area (Å²) in [7, 11) is 0. The lowest BCUT2D eigenvalue weighted by atomic mass is 10.1. The molecule has 0 saturated heterocycles. The first-order chi connectivity index (χ1) is 17.3. The van der Waals surface area contributed by atoms with E-state index < -0.39 is 23.2 Å². The molecule has 0 saturated carbocycles. The number of aromatic nitrogens is 3. The van der Waals surface area contributed by atoms with Crippen LogP contribution in [0.5, 0.6) is 0 Å². The molecule has 3 aromatic rings. The molecule has 1 amide bonds. The van der Waals surface area contributed by atoms with Gasteiger partial charge in [0.1, 0.15) is 5.69 Å². The highest BCUT2D eigenvalue weighted by Crippen LogP contribution is 2.31. The van der Waals surface area contributed by atoms with Crippen molar-refractivity contribution in [1.29, 1.82) is 0 Å². The number of fused-ring (bicyclic) bond motifs is 1. The van der Waals surface area contributed by atoms with Crippen molar-refractivity contribution in [3.05, 3.63) is 124 Å². The SMILES string of the molecule is O=C(Nc1cccc(C(F)(F)F)c1)c1cn(Cc2ccccc2)cc2c(=O)n(-c3ccccc3)nc1-2. The third-order valence-corrected chi connectivity index (χ3v) is 5.62. The minimum absolute atomic E-state index is 0.0220. The summed E-state index contributed by atoms with van der Waals surface area (Å²) in [5, 5.41) is 6.92. The minimum atomic E-state index is -4.55. The number of nitrogens with zero attached hydrogens (tertiary/aromatic N) is 3. The van der Waals surface area contributed by atoms with Gasteiger partial charge in [0, 0.05) is 24.6 Å². The molecular formula is C27H19F3N4O2. The van der Waals surface area contributed by atoms with E-state index in [1.54, 1.807) is 47.3 Å². The van der Waals surface area contributed by atoms with Gasteiger partial charge in [0.05, 0.1) is 22.4 Å². The predicted molar refractivity (Wildman–Crippen MR) is 129 cm³/mol. The van der Waals surface area contributed by atoms with Crippen LogP contribution in [0.1, 0.15) is 21.5 Å². The number of hydrogen-bond acceptors (Lipinski definition) is 3. The lowest BCUT2D eigenvalue weighted by Crippen LogP contribution is -2.18. The molecule has 0 aromatic heterocycles. The quantitative estimate of drug-likeness (QED) is 0.357. The smallest absolute Gasteiger partial charge is 0.348 e. The Balaban J connectivity index is 1.60. The number of carbonyl (C=O) groups excluding carboxylic acids is 1. The molecule has 5 rings (SSSR count). The summed E-state index contributed by atoms with van der Waals surface area (Å²) in [6.45, 7) is 0.372. The molecule has 0 spiro atoms. The Morgan fingerprint density at radius 2 is 1.58 bits per heavy atom. The fourth-order valence-corrected chi connectivity index (χ4v) is 3.93. The van der Waals surface area contributed by atoms with Crippen molar-refractivity contribution in [2.24, 2.45) is 0 Å². The number of para-hydroxylation sites is 1. The van der Waals surface area contributed by atoms with E-state index in [9.17, 15) is 22.8 Å². The normalized spacial score (nSPS) is 11.5. The van der Waals surface area contributed by atoms with Crippen LogP contribution < -0.4 is 10.9 Å².